The van der Waals surface area contributed by atoms with E-state index in [-0.39, 0.29) is 41.6 Å². The van der Waals surface area contributed by atoms with Crippen molar-refractivity contribution in [1.29, 1.82) is 0 Å². The Morgan fingerprint density at radius 2 is 1.54 bits per heavy atom. The van der Waals surface area contributed by atoms with E-state index in [4.69, 9.17) is 23.7 Å². The van der Waals surface area contributed by atoms with E-state index >= 15 is 0 Å². The maximum Gasteiger partial charge on any atom is 0.303 e. The van der Waals surface area contributed by atoms with Gasteiger partial charge in [0.2, 0.25) is 0 Å². The molecular formula is C32H55BrO8. The summed E-state index contributed by atoms with van der Waals surface area (Å²) in [6, 6.07) is 0. The first kappa shape index (κ1) is 33.6. The molecule has 4 rings (SSSR count). The van der Waals surface area contributed by atoms with Crippen molar-refractivity contribution < 1.29 is 38.7 Å². The van der Waals surface area contributed by atoms with Crippen LogP contribution in [0.15, 0.2) is 0 Å². The fourth-order valence-corrected chi connectivity index (χ4v) is 7.97. The van der Waals surface area contributed by atoms with Crippen LogP contribution in [0.4, 0.5) is 0 Å². The highest BCUT2D eigenvalue weighted by molar-refractivity contribution is 9.09. The van der Waals surface area contributed by atoms with Gasteiger partial charge in [-0.3, -0.25) is 4.79 Å². The third kappa shape index (κ3) is 7.18. The van der Waals surface area contributed by atoms with E-state index in [9.17, 15) is 15.0 Å². The lowest BCUT2D eigenvalue weighted by atomic mass is 9.75. The predicted molar refractivity (Wildman–Crippen MR) is 160 cm³/mol. The molecule has 0 radical (unpaired) electrons. The highest BCUT2D eigenvalue weighted by Crippen LogP contribution is 2.49. The summed E-state index contributed by atoms with van der Waals surface area (Å²) in [7, 11) is 0. The number of carbonyl (C=O) groups is 1. The quantitative estimate of drug-likeness (QED) is 0.254. The summed E-state index contributed by atoms with van der Waals surface area (Å²) in [4.78, 5) is 12.4. The van der Waals surface area contributed by atoms with E-state index < -0.39 is 28.5 Å². The highest BCUT2D eigenvalue weighted by Gasteiger charge is 2.56. The van der Waals surface area contributed by atoms with Crippen molar-refractivity contribution in [3.05, 3.63) is 0 Å². The van der Waals surface area contributed by atoms with Crippen molar-refractivity contribution >= 4 is 21.9 Å². The normalized spacial score (nSPS) is 43.6. The Bertz CT molecular complexity index is 948. The minimum atomic E-state index is -1.12. The van der Waals surface area contributed by atoms with Gasteiger partial charge >= 0.3 is 5.97 Å². The van der Waals surface area contributed by atoms with Gasteiger partial charge in [0.15, 0.2) is 0 Å². The topological polar surface area (TPSA) is 104 Å². The zero-order chi connectivity index (χ0) is 30.6. The number of esters is 1. The Balaban J connectivity index is 1.38. The first-order valence-electron chi connectivity index (χ1n) is 15.7. The molecule has 9 heteroatoms. The lowest BCUT2D eigenvalue weighted by molar-refractivity contribution is -0.301. The Labute approximate surface area is 255 Å². The summed E-state index contributed by atoms with van der Waals surface area (Å²) in [5.41, 5.74) is -3.93. The summed E-state index contributed by atoms with van der Waals surface area (Å²) in [5, 5.41) is 22.2. The number of hydrogen-bond acceptors (Lipinski definition) is 8. The third-order valence-electron chi connectivity index (χ3n) is 10.5. The van der Waals surface area contributed by atoms with Crippen LogP contribution in [0.25, 0.3) is 0 Å². The van der Waals surface area contributed by atoms with Gasteiger partial charge in [-0.1, -0.05) is 15.9 Å². The highest BCUT2D eigenvalue weighted by atomic mass is 79.9. The Hall–Kier alpha value is -0.290. The molecule has 2 unspecified atom stereocenters. The molecule has 0 bridgehead atoms. The summed E-state index contributed by atoms with van der Waals surface area (Å²) in [5.74, 6) is -0.380. The van der Waals surface area contributed by atoms with Crippen LogP contribution in [0.1, 0.15) is 127 Å². The van der Waals surface area contributed by atoms with E-state index in [1.165, 1.54) is 6.92 Å². The zero-order valence-corrected chi connectivity index (χ0v) is 28.3. The number of halogens is 1. The molecule has 41 heavy (non-hydrogen) atoms. The van der Waals surface area contributed by atoms with Crippen LogP contribution in [0.2, 0.25) is 0 Å². The number of carbonyl (C=O) groups excluding carboxylic acids is 1. The van der Waals surface area contributed by atoms with Gasteiger partial charge < -0.3 is 33.9 Å². The molecule has 0 aromatic carbocycles. The Kier molecular flexibility index (Phi) is 9.48. The second-order valence-corrected chi connectivity index (χ2v) is 16.4. The second-order valence-electron chi connectivity index (χ2n) is 15.3. The molecule has 0 aliphatic carbocycles. The molecular weight excluding hydrogens is 592 g/mol. The van der Waals surface area contributed by atoms with E-state index in [1.54, 1.807) is 13.8 Å². The molecule has 238 valence electrons. The average molecular weight is 648 g/mol. The van der Waals surface area contributed by atoms with Gasteiger partial charge in [0.05, 0.1) is 52.4 Å². The predicted octanol–water partition coefficient (Wildman–Crippen LogP) is 5.75. The molecule has 2 N–H and O–H groups in total. The number of fused-ring (bicyclic) bond motifs is 1. The lowest BCUT2D eigenvalue weighted by Gasteiger charge is -2.56. The first-order chi connectivity index (χ1) is 18.7. The molecule has 0 saturated carbocycles. The van der Waals surface area contributed by atoms with Crippen LogP contribution in [0.5, 0.6) is 0 Å². The number of alkyl halides is 1. The molecule has 0 aromatic heterocycles. The van der Waals surface area contributed by atoms with Gasteiger partial charge in [-0.05, 0) is 120 Å². The second kappa shape index (κ2) is 11.6. The number of hydrogen-bond donors (Lipinski definition) is 2. The zero-order valence-electron chi connectivity index (χ0n) is 26.8. The molecule has 4 aliphatic rings. The minimum Gasteiger partial charge on any atom is -0.459 e. The lowest BCUT2D eigenvalue weighted by Crippen LogP contribution is -2.63. The van der Waals surface area contributed by atoms with E-state index in [0.717, 1.165) is 32.1 Å². The van der Waals surface area contributed by atoms with E-state index in [1.807, 2.05) is 13.8 Å². The van der Waals surface area contributed by atoms with Gasteiger partial charge in [-0.15, -0.1) is 0 Å². The maximum atomic E-state index is 12.0. The Morgan fingerprint density at radius 1 is 0.902 bits per heavy atom. The molecule has 0 spiro atoms. The Morgan fingerprint density at radius 3 is 2.12 bits per heavy atom. The van der Waals surface area contributed by atoms with Crippen LogP contribution in [0.3, 0.4) is 0 Å². The molecule has 4 aliphatic heterocycles. The summed E-state index contributed by atoms with van der Waals surface area (Å²) >= 11 is 3.79. The average Bonchev–Trinajstić information content (AvgIpc) is 3.26. The van der Waals surface area contributed by atoms with Crippen molar-refractivity contribution in [2.45, 2.75) is 195 Å². The third-order valence-corrected chi connectivity index (χ3v) is 12.1. The van der Waals surface area contributed by atoms with Crippen molar-refractivity contribution in [2.24, 2.45) is 0 Å². The fraction of sp³-hybridized carbons (Fsp3) is 0.969. The largest absolute Gasteiger partial charge is 0.459 e. The smallest absolute Gasteiger partial charge is 0.303 e. The molecule has 4 fully saturated rings. The van der Waals surface area contributed by atoms with Gasteiger partial charge in [-0.25, -0.2) is 0 Å². The van der Waals surface area contributed by atoms with Gasteiger partial charge in [0.25, 0.3) is 0 Å². The van der Waals surface area contributed by atoms with E-state index in [0.29, 0.717) is 36.9 Å². The first-order valence-corrected chi connectivity index (χ1v) is 16.6. The van der Waals surface area contributed by atoms with Crippen molar-refractivity contribution in [2.75, 3.05) is 0 Å². The summed E-state index contributed by atoms with van der Waals surface area (Å²) < 4.78 is 32.1. The monoisotopic (exact) mass is 646 g/mol. The SMILES string of the molecule is CC(=O)O[C@H](CC[C@](C)(O)C1CC[C@@H]2O[C@H]([C@@]3(C)CCC(Br)C(C)(C)O3)CC[C@@]2(C)O1)[C@@]1(C)CC[C@H](C(C)(C)O)O1. The number of rotatable bonds is 8. The van der Waals surface area contributed by atoms with Crippen LogP contribution in [0, 0.1) is 0 Å². The molecule has 4 saturated heterocycles. The molecule has 4 heterocycles. The van der Waals surface area contributed by atoms with Gasteiger partial charge in [0.1, 0.15) is 11.7 Å². The molecule has 10 atom stereocenters. The van der Waals surface area contributed by atoms with Crippen molar-refractivity contribution in [3.63, 3.8) is 0 Å². The molecule has 0 amide bonds. The van der Waals surface area contributed by atoms with Gasteiger partial charge in [0, 0.05) is 11.8 Å². The molecule has 0 aromatic rings. The summed E-state index contributed by atoms with van der Waals surface area (Å²) in [6.07, 6.45) is 6.02. The number of aliphatic hydroxyl groups is 2. The fourth-order valence-electron chi connectivity index (χ4n) is 7.64. The van der Waals surface area contributed by atoms with Crippen LogP contribution < -0.4 is 0 Å². The number of ether oxygens (including phenoxy) is 5. The van der Waals surface area contributed by atoms with Crippen molar-refractivity contribution in [1.82, 2.24) is 0 Å². The standard InChI is InChI=1S/C32H55BrO8/c1-20(34)37-25(31(8)18-14-22(39-31)27(2,3)35)13-16-29(6,36)23-10-11-24-30(7,40-23)19-15-26(38-24)32(9)17-12-21(33)28(4,5)41-32/h21-26,35-36H,10-19H2,1-9H3/t21?,22-,23?,24+,25-,26+,29+,30-,31-,32-/m1/s1. The van der Waals surface area contributed by atoms with Crippen LogP contribution in [-0.4, -0.2) is 85.1 Å². The van der Waals surface area contributed by atoms with Gasteiger partial charge in [-0.2, -0.15) is 0 Å². The van der Waals surface area contributed by atoms with E-state index in [2.05, 4.69) is 43.6 Å². The maximum absolute atomic E-state index is 12.0. The van der Waals surface area contributed by atoms with Crippen LogP contribution >= 0.6 is 15.9 Å². The van der Waals surface area contributed by atoms with Crippen LogP contribution in [-0.2, 0) is 28.5 Å². The minimum absolute atomic E-state index is 0.00452. The molecule has 8 nitrogen and oxygen atoms in total. The van der Waals surface area contributed by atoms with Crippen molar-refractivity contribution in [3.8, 4) is 0 Å². The summed E-state index contributed by atoms with van der Waals surface area (Å²) in [6.45, 7) is 17.2.